The van der Waals surface area contributed by atoms with Crippen LogP contribution in [0.3, 0.4) is 0 Å². The van der Waals surface area contributed by atoms with Gasteiger partial charge in [0.25, 0.3) is 0 Å². The molecule has 3 rings (SSSR count). The smallest absolute Gasteiger partial charge is 0.412 e. The molecule has 2 N–H and O–H groups in total. The molecule has 1 aromatic heterocycles. The summed E-state index contributed by atoms with van der Waals surface area (Å²) < 4.78 is 5.26. The second kappa shape index (κ2) is 6.17. The Hall–Kier alpha value is -2.53. The molecule has 24 heavy (non-hydrogen) atoms. The molecule has 0 aliphatic heterocycles. The van der Waals surface area contributed by atoms with Crippen molar-refractivity contribution in [3.8, 4) is 11.4 Å². The number of ether oxygens (including phenoxy) is 1. The van der Waals surface area contributed by atoms with Gasteiger partial charge in [-0.15, -0.1) is 0 Å². The number of carbonyl (C=O) groups is 1. The second-order valence-electron chi connectivity index (χ2n) is 6.45. The minimum Gasteiger partial charge on any atom is -0.444 e. The lowest BCUT2D eigenvalue weighted by molar-refractivity contribution is 0.0636. The van der Waals surface area contributed by atoms with E-state index in [0.29, 0.717) is 16.5 Å². The molecule has 0 saturated heterocycles. The zero-order valence-electron chi connectivity index (χ0n) is 13.7. The van der Waals surface area contributed by atoms with Gasteiger partial charge in [-0.1, -0.05) is 23.7 Å². The standard InChI is InChI=1S/C18H18ClN3O2/c1-18(2,3)24-17(23)20-13-6-4-5-11(9-13)16-21-14-8-7-12(19)10-15(14)22-16/h4-10H,1-3H3,(H,20,23)(H,21,22). The maximum atomic E-state index is 11.9. The van der Waals surface area contributed by atoms with Gasteiger partial charge in [-0.2, -0.15) is 0 Å². The van der Waals surface area contributed by atoms with Gasteiger partial charge in [-0.3, -0.25) is 5.32 Å². The van der Waals surface area contributed by atoms with Crippen LogP contribution in [0.5, 0.6) is 0 Å². The molecular formula is C18H18ClN3O2. The van der Waals surface area contributed by atoms with Crippen molar-refractivity contribution in [2.75, 3.05) is 5.32 Å². The Morgan fingerprint density at radius 1 is 1.21 bits per heavy atom. The number of rotatable bonds is 2. The van der Waals surface area contributed by atoms with Crippen LogP contribution in [0.15, 0.2) is 42.5 Å². The van der Waals surface area contributed by atoms with Gasteiger partial charge in [-0.05, 0) is 51.1 Å². The first-order valence-electron chi connectivity index (χ1n) is 7.56. The number of H-pyrrole nitrogens is 1. The largest absolute Gasteiger partial charge is 0.444 e. The van der Waals surface area contributed by atoms with E-state index in [0.717, 1.165) is 16.6 Å². The Bertz CT molecular complexity index is 897. The SMILES string of the molecule is CC(C)(C)OC(=O)Nc1cccc(-c2nc3ccc(Cl)cc3[nH]2)c1. The predicted molar refractivity (Wildman–Crippen MR) is 96.4 cm³/mol. The fraction of sp³-hybridized carbons (Fsp3) is 0.222. The third kappa shape index (κ3) is 3.86. The molecule has 0 bridgehead atoms. The summed E-state index contributed by atoms with van der Waals surface area (Å²) in [6, 6.07) is 12.9. The summed E-state index contributed by atoms with van der Waals surface area (Å²) >= 11 is 6.00. The number of halogens is 1. The van der Waals surface area contributed by atoms with E-state index in [1.165, 1.54) is 0 Å². The lowest BCUT2D eigenvalue weighted by Crippen LogP contribution is -2.27. The van der Waals surface area contributed by atoms with Gasteiger partial charge < -0.3 is 9.72 Å². The summed E-state index contributed by atoms with van der Waals surface area (Å²) in [5, 5.41) is 3.38. The van der Waals surface area contributed by atoms with Gasteiger partial charge in [0, 0.05) is 16.3 Å². The van der Waals surface area contributed by atoms with E-state index >= 15 is 0 Å². The van der Waals surface area contributed by atoms with E-state index in [2.05, 4.69) is 15.3 Å². The van der Waals surface area contributed by atoms with Gasteiger partial charge in [0.05, 0.1) is 11.0 Å². The highest BCUT2D eigenvalue weighted by Gasteiger charge is 2.16. The van der Waals surface area contributed by atoms with Crippen molar-refractivity contribution in [2.45, 2.75) is 26.4 Å². The number of imidazole rings is 1. The van der Waals surface area contributed by atoms with Crippen LogP contribution >= 0.6 is 11.6 Å². The Morgan fingerprint density at radius 2 is 2.00 bits per heavy atom. The fourth-order valence-corrected chi connectivity index (χ4v) is 2.46. The molecule has 0 spiro atoms. The number of hydrogen-bond donors (Lipinski definition) is 2. The van der Waals surface area contributed by atoms with Gasteiger partial charge in [0.2, 0.25) is 0 Å². The van der Waals surface area contributed by atoms with Gasteiger partial charge in [0.1, 0.15) is 11.4 Å². The van der Waals surface area contributed by atoms with Crippen molar-refractivity contribution in [2.24, 2.45) is 0 Å². The molecule has 0 aliphatic carbocycles. The van der Waals surface area contributed by atoms with Crippen molar-refractivity contribution in [1.29, 1.82) is 0 Å². The van der Waals surface area contributed by atoms with Crippen LogP contribution in [-0.2, 0) is 4.74 Å². The van der Waals surface area contributed by atoms with Crippen LogP contribution in [0.2, 0.25) is 5.02 Å². The molecule has 2 aromatic carbocycles. The number of benzene rings is 2. The fourth-order valence-electron chi connectivity index (χ4n) is 2.28. The summed E-state index contributed by atoms with van der Waals surface area (Å²) in [6.07, 6.45) is -0.490. The van der Waals surface area contributed by atoms with Crippen molar-refractivity contribution < 1.29 is 9.53 Å². The Kier molecular flexibility index (Phi) is 4.20. The normalized spacial score (nSPS) is 11.5. The van der Waals surface area contributed by atoms with Crippen LogP contribution < -0.4 is 5.32 Å². The first-order chi connectivity index (χ1) is 11.3. The Morgan fingerprint density at radius 3 is 2.75 bits per heavy atom. The van der Waals surface area contributed by atoms with Crippen LogP contribution in [0, 0.1) is 0 Å². The second-order valence-corrected chi connectivity index (χ2v) is 6.89. The summed E-state index contributed by atoms with van der Waals surface area (Å²) in [7, 11) is 0. The molecule has 3 aromatic rings. The van der Waals surface area contributed by atoms with Crippen molar-refractivity contribution in [1.82, 2.24) is 9.97 Å². The predicted octanol–water partition coefficient (Wildman–Crippen LogP) is 5.23. The number of aromatic nitrogens is 2. The van der Waals surface area contributed by atoms with Crippen molar-refractivity contribution in [3.05, 3.63) is 47.5 Å². The van der Waals surface area contributed by atoms with Gasteiger partial charge in [-0.25, -0.2) is 9.78 Å². The molecule has 6 heteroatoms. The molecule has 0 fully saturated rings. The number of anilines is 1. The molecule has 0 radical (unpaired) electrons. The van der Waals surface area contributed by atoms with Crippen LogP contribution in [0.4, 0.5) is 10.5 Å². The monoisotopic (exact) mass is 343 g/mol. The molecule has 124 valence electrons. The third-order valence-corrected chi connectivity index (χ3v) is 3.46. The molecule has 0 aliphatic rings. The number of nitrogens with one attached hydrogen (secondary N) is 2. The number of fused-ring (bicyclic) bond motifs is 1. The maximum absolute atomic E-state index is 11.9. The maximum Gasteiger partial charge on any atom is 0.412 e. The summed E-state index contributed by atoms with van der Waals surface area (Å²) in [6.45, 7) is 5.47. The summed E-state index contributed by atoms with van der Waals surface area (Å²) in [5.74, 6) is 0.708. The Balaban J connectivity index is 1.85. The lowest BCUT2D eigenvalue weighted by atomic mass is 10.2. The first kappa shape index (κ1) is 16.3. The van der Waals surface area contributed by atoms with E-state index < -0.39 is 11.7 Å². The van der Waals surface area contributed by atoms with E-state index in [1.807, 2.05) is 51.1 Å². The number of aromatic amines is 1. The average Bonchev–Trinajstić information content (AvgIpc) is 2.88. The highest BCUT2D eigenvalue weighted by Crippen LogP contribution is 2.25. The summed E-state index contributed by atoms with van der Waals surface area (Å²) in [5.41, 5.74) is 2.65. The van der Waals surface area contributed by atoms with E-state index in [1.54, 1.807) is 12.1 Å². The van der Waals surface area contributed by atoms with Crippen LogP contribution in [0.25, 0.3) is 22.4 Å². The highest BCUT2D eigenvalue weighted by atomic mass is 35.5. The van der Waals surface area contributed by atoms with E-state index in [9.17, 15) is 4.79 Å². The van der Waals surface area contributed by atoms with Crippen LogP contribution in [-0.4, -0.2) is 21.7 Å². The first-order valence-corrected chi connectivity index (χ1v) is 7.94. The molecule has 1 amide bonds. The molecule has 0 saturated carbocycles. The highest BCUT2D eigenvalue weighted by molar-refractivity contribution is 6.31. The zero-order chi connectivity index (χ0) is 17.3. The quantitative estimate of drug-likeness (QED) is 0.669. The molecule has 0 atom stereocenters. The molecular weight excluding hydrogens is 326 g/mol. The van der Waals surface area contributed by atoms with Gasteiger partial charge in [0.15, 0.2) is 0 Å². The zero-order valence-corrected chi connectivity index (χ0v) is 14.4. The average molecular weight is 344 g/mol. The number of nitrogens with zero attached hydrogens (tertiary/aromatic N) is 1. The van der Waals surface area contributed by atoms with Crippen LogP contribution in [0.1, 0.15) is 20.8 Å². The summed E-state index contributed by atoms with van der Waals surface area (Å²) in [4.78, 5) is 19.7. The Labute approximate surface area is 145 Å². The molecule has 5 nitrogen and oxygen atoms in total. The topological polar surface area (TPSA) is 67.0 Å². The van der Waals surface area contributed by atoms with Gasteiger partial charge >= 0.3 is 6.09 Å². The third-order valence-electron chi connectivity index (χ3n) is 3.23. The molecule has 0 unspecified atom stereocenters. The van der Waals surface area contributed by atoms with Crippen molar-refractivity contribution in [3.63, 3.8) is 0 Å². The molecule has 1 heterocycles. The van der Waals surface area contributed by atoms with E-state index in [4.69, 9.17) is 16.3 Å². The van der Waals surface area contributed by atoms with Crippen molar-refractivity contribution >= 4 is 34.4 Å². The number of hydrogen-bond acceptors (Lipinski definition) is 3. The minimum atomic E-state index is -0.542. The number of carbonyl (C=O) groups excluding carboxylic acids is 1. The lowest BCUT2D eigenvalue weighted by Gasteiger charge is -2.19. The number of amides is 1. The minimum absolute atomic E-state index is 0.490. The van der Waals surface area contributed by atoms with E-state index in [-0.39, 0.29) is 0 Å².